The van der Waals surface area contributed by atoms with Gasteiger partial charge in [-0.1, -0.05) is 36.4 Å². The highest BCUT2D eigenvalue weighted by Crippen LogP contribution is 2.38. The first-order chi connectivity index (χ1) is 17.9. The normalized spacial score (nSPS) is 10.4. The van der Waals surface area contributed by atoms with E-state index in [1.54, 1.807) is 30.3 Å². The standard InChI is InChI=1S/C28H26N4O5/c1-35-23-14-20(15-24(36-2)25(23)37-3)27(34)32-28(29)31-22-10-6-9-21(16-22)30-26(33)19-12-11-17-7-4-5-8-18(17)13-19/h4-16H,1-3H3,(H,30,33)(H3,29,31,32,34). The van der Waals surface area contributed by atoms with Gasteiger partial charge in [0.15, 0.2) is 17.5 Å². The molecule has 0 saturated carbocycles. The van der Waals surface area contributed by atoms with E-state index in [0.717, 1.165) is 10.8 Å². The molecular formula is C28H26N4O5. The van der Waals surface area contributed by atoms with Crippen molar-refractivity contribution < 1.29 is 23.8 Å². The van der Waals surface area contributed by atoms with Gasteiger partial charge in [0.1, 0.15) is 0 Å². The number of amides is 2. The van der Waals surface area contributed by atoms with Gasteiger partial charge in [0.2, 0.25) is 5.75 Å². The molecule has 2 amide bonds. The lowest BCUT2D eigenvalue weighted by Gasteiger charge is -2.15. The Bertz CT molecular complexity index is 1460. The van der Waals surface area contributed by atoms with Crippen molar-refractivity contribution in [1.29, 1.82) is 5.41 Å². The molecule has 0 unspecified atom stereocenters. The molecule has 0 fully saturated rings. The van der Waals surface area contributed by atoms with Crippen LogP contribution >= 0.6 is 0 Å². The van der Waals surface area contributed by atoms with Crippen molar-refractivity contribution in [1.82, 2.24) is 5.32 Å². The van der Waals surface area contributed by atoms with Gasteiger partial charge in [-0.05, 0) is 53.2 Å². The van der Waals surface area contributed by atoms with Gasteiger partial charge < -0.3 is 24.8 Å². The number of nitrogens with one attached hydrogen (secondary N) is 4. The SMILES string of the molecule is COc1cc(C(=O)NC(=N)Nc2cccc(NC(=O)c3ccc4ccccc4c3)c2)cc(OC)c1OC. The number of carbonyl (C=O) groups excluding carboxylic acids is 2. The maximum Gasteiger partial charge on any atom is 0.258 e. The molecule has 0 radical (unpaired) electrons. The first kappa shape index (κ1) is 25.1. The van der Waals surface area contributed by atoms with Crippen molar-refractivity contribution >= 4 is 39.9 Å². The Hall–Kier alpha value is -5.05. The van der Waals surface area contributed by atoms with E-state index >= 15 is 0 Å². The van der Waals surface area contributed by atoms with Gasteiger partial charge in [-0.15, -0.1) is 0 Å². The van der Waals surface area contributed by atoms with E-state index in [4.69, 9.17) is 19.6 Å². The molecule has 4 rings (SSSR count). The molecule has 4 aromatic carbocycles. The van der Waals surface area contributed by atoms with E-state index in [-0.39, 0.29) is 17.4 Å². The Balaban J connectivity index is 1.42. The van der Waals surface area contributed by atoms with Crippen LogP contribution in [0.5, 0.6) is 17.2 Å². The fourth-order valence-corrected chi connectivity index (χ4v) is 3.78. The van der Waals surface area contributed by atoms with Crippen LogP contribution in [-0.2, 0) is 0 Å². The zero-order valence-corrected chi connectivity index (χ0v) is 20.5. The summed E-state index contributed by atoms with van der Waals surface area (Å²) in [6.45, 7) is 0. The highest BCUT2D eigenvalue weighted by molar-refractivity contribution is 6.10. The molecule has 4 aromatic rings. The highest BCUT2D eigenvalue weighted by Gasteiger charge is 2.18. The van der Waals surface area contributed by atoms with Crippen LogP contribution in [0.3, 0.4) is 0 Å². The van der Waals surface area contributed by atoms with Crippen LogP contribution in [0.25, 0.3) is 10.8 Å². The third kappa shape index (κ3) is 5.79. The minimum absolute atomic E-state index is 0.220. The van der Waals surface area contributed by atoms with Gasteiger partial charge in [-0.2, -0.15) is 0 Å². The van der Waals surface area contributed by atoms with E-state index < -0.39 is 5.91 Å². The summed E-state index contributed by atoms with van der Waals surface area (Å²) in [6.07, 6.45) is 0. The lowest BCUT2D eigenvalue weighted by molar-refractivity contribution is 0.0974. The minimum atomic E-state index is -0.544. The zero-order valence-electron chi connectivity index (χ0n) is 20.5. The van der Waals surface area contributed by atoms with E-state index in [1.807, 2.05) is 36.4 Å². The van der Waals surface area contributed by atoms with Gasteiger partial charge in [0, 0.05) is 22.5 Å². The molecule has 0 aromatic heterocycles. The first-order valence-electron chi connectivity index (χ1n) is 11.3. The lowest BCUT2D eigenvalue weighted by Crippen LogP contribution is -2.35. The summed E-state index contributed by atoms with van der Waals surface area (Å²) >= 11 is 0. The Kier molecular flexibility index (Phi) is 7.53. The number of hydrogen-bond donors (Lipinski definition) is 4. The van der Waals surface area contributed by atoms with Crippen LogP contribution < -0.4 is 30.2 Å². The number of carbonyl (C=O) groups is 2. The van der Waals surface area contributed by atoms with Gasteiger partial charge in [0.05, 0.1) is 21.3 Å². The number of ether oxygens (including phenoxy) is 3. The Morgan fingerprint density at radius 1 is 0.649 bits per heavy atom. The van der Waals surface area contributed by atoms with Gasteiger partial charge in [0.25, 0.3) is 11.8 Å². The number of methoxy groups -OCH3 is 3. The molecule has 0 heterocycles. The molecule has 37 heavy (non-hydrogen) atoms. The number of benzene rings is 4. The number of hydrogen-bond acceptors (Lipinski definition) is 6. The molecule has 0 atom stereocenters. The Labute approximate surface area is 213 Å². The second kappa shape index (κ2) is 11.1. The molecule has 0 bridgehead atoms. The molecule has 4 N–H and O–H groups in total. The topological polar surface area (TPSA) is 122 Å². The smallest absolute Gasteiger partial charge is 0.258 e. The Morgan fingerprint density at radius 3 is 1.95 bits per heavy atom. The molecule has 0 aliphatic carbocycles. The summed E-state index contributed by atoms with van der Waals surface area (Å²) in [5, 5.41) is 18.4. The van der Waals surface area contributed by atoms with Crippen molar-refractivity contribution in [3.8, 4) is 17.2 Å². The van der Waals surface area contributed by atoms with Crippen LogP contribution in [0.2, 0.25) is 0 Å². The minimum Gasteiger partial charge on any atom is -0.493 e. The van der Waals surface area contributed by atoms with Crippen molar-refractivity contribution in [2.75, 3.05) is 32.0 Å². The second-order valence-electron chi connectivity index (χ2n) is 7.96. The molecule has 188 valence electrons. The van der Waals surface area contributed by atoms with E-state index in [1.165, 1.54) is 33.5 Å². The lowest BCUT2D eigenvalue weighted by atomic mass is 10.1. The van der Waals surface area contributed by atoms with E-state index in [0.29, 0.717) is 34.2 Å². The predicted molar refractivity (Wildman–Crippen MR) is 143 cm³/mol. The molecular weight excluding hydrogens is 472 g/mol. The number of guanidine groups is 1. The van der Waals surface area contributed by atoms with Crippen molar-refractivity contribution in [2.24, 2.45) is 0 Å². The third-order valence-corrected chi connectivity index (χ3v) is 5.57. The number of fused-ring (bicyclic) bond motifs is 1. The average molecular weight is 499 g/mol. The van der Waals surface area contributed by atoms with Crippen LogP contribution in [0.4, 0.5) is 11.4 Å². The summed E-state index contributed by atoms with van der Waals surface area (Å²) in [5.41, 5.74) is 1.79. The quantitative estimate of drug-likeness (QED) is 0.213. The summed E-state index contributed by atoms with van der Waals surface area (Å²) in [6, 6.07) is 23.2. The summed E-state index contributed by atoms with van der Waals surface area (Å²) in [7, 11) is 4.38. The molecule has 0 aliphatic heterocycles. The van der Waals surface area contributed by atoms with Gasteiger partial charge in [-0.25, -0.2) is 0 Å². The second-order valence-corrected chi connectivity index (χ2v) is 7.96. The average Bonchev–Trinajstić information content (AvgIpc) is 2.91. The van der Waals surface area contributed by atoms with Crippen LogP contribution in [0.15, 0.2) is 78.9 Å². The molecule has 0 spiro atoms. The monoisotopic (exact) mass is 498 g/mol. The molecule has 0 aliphatic rings. The number of anilines is 2. The molecule has 9 nitrogen and oxygen atoms in total. The van der Waals surface area contributed by atoms with Crippen LogP contribution in [0.1, 0.15) is 20.7 Å². The van der Waals surface area contributed by atoms with Crippen molar-refractivity contribution in [3.05, 3.63) is 90.0 Å². The number of rotatable bonds is 7. The Morgan fingerprint density at radius 2 is 1.30 bits per heavy atom. The fourth-order valence-electron chi connectivity index (χ4n) is 3.78. The largest absolute Gasteiger partial charge is 0.493 e. The third-order valence-electron chi connectivity index (χ3n) is 5.57. The van der Waals surface area contributed by atoms with E-state index in [2.05, 4.69) is 16.0 Å². The first-order valence-corrected chi connectivity index (χ1v) is 11.3. The van der Waals surface area contributed by atoms with Crippen LogP contribution in [0, 0.1) is 5.41 Å². The maximum absolute atomic E-state index is 12.8. The van der Waals surface area contributed by atoms with Crippen molar-refractivity contribution in [2.45, 2.75) is 0 Å². The maximum atomic E-state index is 12.8. The van der Waals surface area contributed by atoms with Gasteiger partial charge in [-0.3, -0.25) is 20.3 Å². The van der Waals surface area contributed by atoms with Crippen LogP contribution in [-0.4, -0.2) is 39.1 Å². The fraction of sp³-hybridized carbons (Fsp3) is 0.107. The molecule has 9 heteroatoms. The highest BCUT2D eigenvalue weighted by atomic mass is 16.5. The zero-order chi connectivity index (χ0) is 26.4. The van der Waals surface area contributed by atoms with Crippen molar-refractivity contribution in [3.63, 3.8) is 0 Å². The summed E-state index contributed by atoms with van der Waals surface area (Å²) < 4.78 is 15.8. The molecule has 0 saturated heterocycles. The predicted octanol–water partition coefficient (Wildman–Crippen LogP) is 4.89. The summed E-state index contributed by atoms with van der Waals surface area (Å²) in [5.74, 6) is -0.0528. The summed E-state index contributed by atoms with van der Waals surface area (Å²) in [4.78, 5) is 25.5. The van der Waals surface area contributed by atoms with Gasteiger partial charge >= 0.3 is 0 Å². The van der Waals surface area contributed by atoms with E-state index in [9.17, 15) is 9.59 Å².